The zero-order valence-electron chi connectivity index (χ0n) is 11.6. The molecule has 21 heavy (non-hydrogen) atoms. The van der Waals surface area contributed by atoms with Gasteiger partial charge in [-0.15, -0.1) is 0 Å². The molecule has 0 spiro atoms. The Morgan fingerprint density at radius 1 is 0.952 bits per heavy atom. The third-order valence-electron chi connectivity index (χ3n) is 3.19. The van der Waals surface area contributed by atoms with Crippen LogP contribution in [-0.4, -0.2) is 29.1 Å². The van der Waals surface area contributed by atoms with Crippen molar-refractivity contribution in [3.05, 3.63) is 65.2 Å². The molecule has 2 N–H and O–H groups in total. The lowest BCUT2D eigenvalue weighted by molar-refractivity contribution is 0.319. The Bertz CT molecular complexity index is 605. The van der Waals surface area contributed by atoms with Crippen LogP contribution in [0.15, 0.2) is 42.5 Å². The Labute approximate surface area is 122 Å². The highest BCUT2D eigenvalue weighted by Gasteiger charge is 2.17. The third kappa shape index (κ3) is 4.36. The molecule has 0 bridgehead atoms. The van der Waals surface area contributed by atoms with E-state index in [4.69, 9.17) is 0 Å². The summed E-state index contributed by atoms with van der Waals surface area (Å²) in [5.41, 5.74) is 1.73. The number of benzene rings is 2. The summed E-state index contributed by atoms with van der Waals surface area (Å²) in [4.78, 5) is 1.92. The number of hydrogen-bond donors (Lipinski definition) is 2. The summed E-state index contributed by atoms with van der Waals surface area (Å²) in [6.45, 7) is 0.989. The van der Waals surface area contributed by atoms with Crippen LogP contribution in [0, 0.1) is 11.6 Å². The normalized spacial score (nSPS) is 11.0. The van der Waals surface area contributed by atoms with E-state index in [0.717, 1.165) is 11.6 Å². The van der Waals surface area contributed by atoms with Crippen molar-refractivity contribution >= 4 is 12.6 Å². The predicted molar refractivity (Wildman–Crippen MR) is 77.8 cm³/mol. The summed E-state index contributed by atoms with van der Waals surface area (Å²) in [5.74, 6) is -0.798. The SMILES string of the molecule is CN(Cc1ccc(F)cc1)Cc1ccc(F)cc1B(O)O. The minimum absolute atomic E-state index is 0.154. The molecule has 0 saturated heterocycles. The standard InChI is InChI=1S/C15H16BF2NO2/c1-19(9-11-2-5-13(17)6-3-11)10-12-4-7-14(18)8-15(12)16(20)21/h2-8,20-21H,9-10H2,1H3. The quantitative estimate of drug-likeness (QED) is 0.816. The molecule has 0 atom stereocenters. The molecule has 0 fully saturated rings. The fourth-order valence-corrected chi connectivity index (χ4v) is 2.20. The van der Waals surface area contributed by atoms with Gasteiger partial charge in [0, 0.05) is 13.1 Å². The molecule has 0 saturated carbocycles. The minimum Gasteiger partial charge on any atom is -0.423 e. The highest BCUT2D eigenvalue weighted by molar-refractivity contribution is 6.59. The van der Waals surface area contributed by atoms with Gasteiger partial charge in [-0.3, -0.25) is 4.90 Å². The molecule has 2 aromatic rings. The second-order valence-electron chi connectivity index (χ2n) is 5.02. The van der Waals surface area contributed by atoms with E-state index in [9.17, 15) is 18.8 Å². The fourth-order valence-electron chi connectivity index (χ4n) is 2.20. The molecule has 6 heteroatoms. The minimum atomic E-state index is -1.71. The van der Waals surface area contributed by atoms with Gasteiger partial charge in [-0.2, -0.15) is 0 Å². The summed E-state index contributed by atoms with van der Waals surface area (Å²) in [7, 11) is 0.134. The number of nitrogens with zero attached hydrogens (tertiary/aromatic N) is 1. The fraction of sp³-hybridized carbons (Fsp3) is 0.200. The van der Waals surface area contributed by atoms with E-state index in [1.165, 1.54) is 24.3 Å². The summed E-state index contributed by atoms with van der Waals surface area (Å²) in [6, 6.07) is 10.1. The van der Waals surface area contributed by atoms with E-state index in [1.54, 1.807) is 12.1 Å². The molecular formula is C15H16BF2NO2. The number of rotatable bonds is 5. The van der Waals surface area contributed by atoms with Gasteiger partial charge in [0.15, 0.2) is 0 Å². The zero-order valence-corrected chi connectivity index (χ0v) is 11.6. The van der Waals surface area contributed by atoms with Gasteiger partial charge in [0.2, 0.25) is 0 Å². The van der Waals surface area contributed by atoms with Crippen LogP contribution in [0.2, 0.25) is 0 Å². The van der Waals surface area contributed by atoms with Crippen molar-refractivity contribution in [3.8, 4) is 0 Å². The van der Waals surface area contributed by atoms with Crippen molar-refractivity contribution in [2.75, 3.05) is 7.05 Å². The van der Waals surface area contributed by atoms with Crippen molar-refractivity contribution in [3.63, 3.8) is 0 Å². The van der Waals surface area contributed by atoms with Crippen molar-refractivity contribution < 1.29 is 18.8 Å². The predicted octanol–water partition coefficient (Wildman–Crippen LogP) is 1.28. The summed E-state index contributed by atoms with van der Waals surface area (Å²) in [6.07, 6.45) is 0. The molecule has 2 aromatic carbocycles. The van der Waals surface area contributed by atoms with Gasteiger partial charge < -0.3 is 10.0 Å². The second-order valence-corrected chi connectivity index (χ2v) is 5.02. The number of halogens is 2. The molecule has 3 nitrogen and oxygen atoms in total. The van der Waals surface area contributed by atoms with Crippen LogP contribution < -0.4 is 5.46 Å². The average molecular weight is 291 g/mol. The van der Waals surface area contributed by atoms with E-state index >= 15 is 0 Å². The smallest absolute Gasteiger partial charge is 0.423 e. The van der Waals surface area contributed by atoms with E-state index in [2.05, 4.69) is 0 Å². The molecule has 0 radical (unpaired) electrons. The molecule has 2 rings (SSSR count). The first-order valence-electron chi connectivity index (χ1n) is 6.53. The summed E-state index contributed by atoms with van der Waals surface area (Å²) >= 11 is 0. The molecule has 110 valence electrons. The summed E-state index contributed by atoms with van der Waals surface area (Å²) in [5, 5.41) is 18.6. The topological polar surface area (TPSA) is 43.7 Å². The Balaban J connectivity index is 2.09. The zero-order chi connectivity index (χ0) is 15.4. The Kier molecular flexibility index (Phi) is 5.06. The summed E-state index contributed by atoms with van der Waals surface area (Å²) < 4.78 is 26.0. The van der Waals surface area contributed by atoms with Gasteiger partial charge in [-0.1, -0.05) is 18.2 Å². The molecule has 0 unspecified atom stereocenters. The van der Waals surface area contributed by atoms with E-state index in [1.807, 2.05) is 11.9 Å². The van der Waals surface area contributed by atoms with Gasteiger partial charge in [0.25, 0.3) is 0 Å². The van der Waals surface area contributed by atoms with Gasteiger partial charge in [-0.05, 0) is 47.9 Å². The maximum Gasteiger partial charge on any atom is 0.488 e. The van der Waals surface area contributed by atoms with E-state index in [0.29, 0.717) is 18.7 Å². The molecule has 0 amide bonds. The van der Waals surface area contributed by atoms with Crippen LogP contribution >= 0.6 is 0 Å². The van der Waals surface area contributed by atoms with Gasteiger partial charge in [0.05, 0.1) is 0 Å². The molecular weight excluding hydrogens is 275 g/mol. The lowest BCUT2D eigenvalue weighted by atomic mass is 9.77. The van der Waals surface area contributed by atoms with Crippen molar-refractivity contribution in [2.24, 2.45) is 0 Å². The van der Waals surface area contributed by atoms with Crippen LogP contribution in [0.1, 0.15) is 11.1 Å². The lowest BCUT2D eigenvalue weighted by Gasteiger charge is -2.19. The van der Waals surface area contributed by atoms with Crippen LogP contribution in [0.25, 0.3) is 0 Å². The molecule has 0 aliphatic rings. The first kappa shape index (κ1) is 15.6. The molecule has 0 heterocycles. The highest BCUT2D eigenvalue weighted by Crippen LogP contribution is 2.09. The van der Waals surface area contributed by atoms with E-state index in [-0.39, 0.29) is 11.3 Å². The maximum atomic E-state index is 13.2. The largest absolute Gasteiger partial charge is 0.488 e. The molecule has 0 aromatic heterocycles. The average Bonchev–Trinajstić information content (AvgIpc) is 2.43. The first-order chi connectivity index (χ1) is 9.95. The van der Waals surface area contributed by atoms with Gasteiger partial charge >= 0.3 is 7.12 Å². The third-order valence-corrected chi connectivity index (χ3v) is 3.19. The highest BCUT2D eigenvalue weighted by atomic mass is 19.1. The van der Waals surface area contributed by atoms with Crippen LogP contribution in [0.4, 0.5) is 8.78 Å². The second kappa shape index (κ2) is 6.80. The Morgan fingerprint density at radius 2 is 1.57 bits per heavy atom. The van der Waals surface area contributed by atoms with Crippen LogP contribution in [0.3, 0.4) is 0 Å². The Morgan fingerprint density at radius 3 is 2.19 bits per heavy atom. The maximum absolute atomic E-state index is 13.2. The molecule has 0 aliphatic carbocycles. The monoisotopic (exact) mass is 291 g/mol. The molecule has 0 aliphatic heterocycles. The number of hydrogen-bond acceptors (Lipinski definition) is 3. The van der Waals surface area contributed by atoms with Crippen molar-refractivity contribution in [1.82, 2.24) is 4.90 Å². The van der Waals surface area contributed by atoms with Crippen LogP contribution in [0.5, 0.6) is 0 Å². The van der Waals surface area contributed by atoms with Gasteiger partial charge in [0.1, 0.15) is 11.6 Å². The van der Waals surface area contributed by atoms with Crippen LogP contribution in [-0.2, 0) is 13.1 Å². The van der Waals surface area contributed by atoms with Crippen molar-refractivity contribution in [2.45, 2.75) is 13.1 Å². The Hall–Kier alpha value is -1.76. The first-order valence-corrected chi connectivity index (χ1v) is 6.53. The van der Waals surface area contributed by atoms with E-state index < -0.39 is 12.9 Å². The lowest BCUT2D eigenvalue weighted by Crippen LogP contribution is -2.35. The van der Waals surface area contributed by atoms with Gasteiger partial charge in [-0.25, -0.2) is 8.78 Å². The van der Waals surface area contributed by atoms with Crippen molar-refractivity contribution in [1.29, 1.82) is 0 Å².